The Balaban J connectivity index is 0.000000260. The van der Waals surface area contributed by atoms with Gasteiger partial charge in [0.25, 0.3) is 11.8 Å². The fourth-order valence-electron chi connectivity index (χ4n) is 8.58. The molecule has 0 atom stereocenters. The van der Waals surface area contributed by atoms with Crippen LogP contribution in [0.3, 0.4) is 0 Å². The summed E-state index contributed by atoms with van der Waals surface area (Å²) in [4.78, 5) is 25.5. The number of carbonyl (C=O) groups is 2. The van der Waals surface area contributed by atoms with Gasteiger partial charge in [-0.1, -0.05) is 49.2 Å². The van der Waals surface area contributed by atoms with Crippen molar-refractivity contribution in [3.05, 3.63) is 80.3 Å². The average molecular weight is 699 g/mol. The van der Waals surface area contributed by atoms with Crippen LogP contribution in [0.5, 0.6) is 0 Å². The Hall–Kier alpha value is -2.66. The van der Waals surface area contributed by atoms with E-state index in [2.05, 4.69) is 62.6 Å². The summed E-state index contributed by atoms with van der Waals surface area (Å²) in [5.41, 5.74) is 8.24. The van der Waals surface area contributed by atoms with E-state index in [9.17, 15) is 19.8 Å². The molecule has 2 aliphatic heterocycles. The first-order chi connectivity index (χ1) is 22.8. The number of aryl methyl sites for hydroxylation is 6. The van der Waals surface area contributed by atoms with E-state index >= 15 is 0 Å². The van der Waals surface area contributed by atoms with Gasteiger partial charge in [-0.2, -0.15) is 0 Å². The molecule has 0 saturated heterocycles. The summed E-state index contributed by atoms with van der Waals surface area (Å²) in [6.45, 7) is 12.3. The van der Waals surface area contributed by atoms with Gasteiger partial charge in [0.15, 0.2) is 0 Å². The number of hydrogen-bond donors (Lipinski definition) is 4. The van der Waals surface area contributed by atoms with Crippen LogP contribution in [0.15, 0.2) is 35.8 Å². The maximum Gasteiger partial charge on any atom is 1.00 e. The molecule has 2 aromatic rings. The van der Waals surface area contributed by atoms with Crippen molar-refractivity contribution in [1.29, 1.82) is 0 Å². The average Bonchev–Trinajstić information content (AvgIpc) is 3.43. The van der Waals surface area contributed by atoms with Gasteiger partial charge in [0.1, 0.15) is 11.5 Å². The van der Waals surface area contributed by atoms with E-state index in [0.717, 1.165) is 97.6 Å². The fraction of sp³-hybridized carbons (Fsp3) is 0.550. The summed E-state index contributed by atoms with van der Waals surface area (Å²) < 4.78 is 10.9. The van der Waals surface area contributed by atoms with Crippen LogP contribution in [-0.2, 0) is 31.9 Å². The quantitative estimate of drug-likeness (QED) is 0.334. The van der Waals surface area contributed by atoms with E-state index in [1.165, 1.54) is 11.1 Å². The van der Waals surface area contributed by atoms with Gasteiger partial charge in [0.2, 0.25) is 0 Å². The van der Waals surface area contributed by atoms with Crippen LogP contribution in [0.4, 0.5) is 0 Å². The summed E-state index contributed by atoms with van der Waals surface area (Å²) in [5, 5.41) is 28.2. The van der Waals surface area contributed by atoms with Crippen molar-refractivity contribution >= 4 is 23.0 Å². The largest absolute Gasteiger partial charge is 1.00 e. The van der Waals surface area contributed by atoms with Crippen LogP contribution < -0.4 is 40.2 Å². The molecule has 0 unspecified atom stereocenters. The number of aliphatic hydroxyl groups excluding tert-OH is 2. The van der Waals surface area contributed by atoms with Gasteiger partial charge in [-0.05, 0) is 125 Å². The van der Waals surface area contributed by atoms with E-state index in [0.29, 0.717) is 11.1 Å². The zero-order valence-electron chi connectivity index (χ0n) is 31.5. The molecule has 0 radical (unpaired) electrons. The van der Waals surface area contributed by atoms with Crippen molar-refractivity contribution in [2.45, 2.75) is 129 Å². The smallest absolute Gasteiger partial charge is 0.870 e. The van der Waals surface area contributed by atoms with Crippen LogP contribution in [0.25, 0.3) is 11.1 Å². The molecule has 2 heterocycles. The number of methoxy groups -OCH3 is 2. The molecule has 0 aromatic heterocycles. The van der Waals surface area contributed by atoms with Gasteiger partial charge in [-0.25, -0.2) is 0 Å². The van der Waals surface area contributed by atoms with Gasteiger partial charge in [-0.3, -0.25) is 9.59 Å². The predicted octanol–water partition coefficient (Wildman–Crippen LogP) is 4.01. The molecule has 50 heavy (non-hydrogen) atoms. The Bertz CT molecular complexity index is 1530. The summed E-state index contributed by atoms with van der Waals surface area (Å²) in [6, 6.07) is 8.38. The van der Waals surface area contributed by atoms with Crippen molar-refractivity contribution in [3.63, 3.8) is 0 Å². The normalized spacial score (nSPS) is 25.9. The molecule has 5 N–H and O–H groups in total. The molecule has 2 aliphatic carbocycles. The predicted molar refractivity (Wildman–Crippen MR) is 192 cm³/mol. The van der Waals surface area contributed by atoms with Crippen LogP contribution >= 0.6 is 0 Å². The van der Waals surface area contributed by atoms with Crippen molar-refractivity contribution in [3.8, 4) is 0 Å². The molecule has 10 heteroatoms. The Morgan fingerprint density at radius 3 is 1.26 bits per heavy atom. The first kappa shape index (κ1) is 41.8. The zero-order chi connectivity index (χ0) is 35.0. The van der Waals surface area contributed by atoms with Crippen molar-refractivity contribution in [2.24, 2.45) is 0 Å². The molecule has 9 nitrogen and oxygen atoms in total. The third-order valence-electron chi connectivity index (χ3n) is 11.2. The zero-order valence-corrected chi connectivity index (χ0v) is 33.5. The number of aliphatic hydroxyl groups is 2. The number of rotatable bonds is 6. The van der Waals surface area contributed by atoms with E-state index in [1.807, 2.05) is 13.8 Å². The Kier molecular flexibility index (Phi) is 14.0. The second kappa shape index (κ2) is 16.8. The number of nitrogens with one attached hydrogen (secondary N) is 2. The Morgan fingerprint density at radius 1 is 0.660 bits per heavy atom. The van der Waals surface area contributed by atoms with Crippen LogP contribution in [0, 0.1) is 27.7 Å². The summed E-state index contributed by atoms with van der Waals surface area (Å²) in [7, 11) is 3.44. The van der Waals surface area contributed by atoms with Gasteiger partial charge in [0.05, 0.1) is 34.4 Å². The van der Waals surface area contributed by atoms with E-state index < -0.39 is 11.1 Å². The number of carbonyl (C=O) groups excluding carboxylic acids is 2. The van der Waals surface area contributed by atoms with E-state index in [1.54, 1.807) is 14.2 Å². The fourth-order valence-corrected chi connectivity index (χ4v) is 8.58. The number of ether oxygens (including phenoxy) is 2. The maximum absolute atomic E-state index is 12.8. The third kappa shape index (κ3) is 7.74. The van der Waals surface area contributed by atoms with Crippen molar-refractivity contribution in [1.82, 2.24) is 10.6 Å². The molecule has 2 fully saturated rings. The minimum atomic E-state index is -0.607. The van der Waals surface area contributed by atoms with Crippen LogP contribution in [-0.4, -0.2) is 65.0 Å². The first-order valence-corrected chi connectivity index (χ1v) is 17.6. The van der Waals surface area contributed by atoms with Crippen molar-refractivity contribution in [2.75, 3.05) is 14.2 Å². The van der Waals surface area contributed by atoms with Gasteiger partial charge in [-0.15, -0.1) is 0 Å². The summed E-state index contributed by atoms with van der Waals surface area (Å²) in [5.74, 6) is 0.155. The van der Waals surface area contributed by atoms with E-state index in [4.69, 9.17) is 9.47 Å². The maximum atomic E-state index is 12.8. The first-order valence-electron chi connectivity index (χ1n) is 17.6. The molecular weight excluding hydrogens is 643 g/mol. The number of hydrogen-bond acceptors (Lipinski definition) is 7. The standard InChI is InChI=1S/2C20H27NO3.Na.H2O/c2*1-5-14-11-12(2)10-13(3)16(14)17-18(22)20(21-19(17)23)8-6-15(24-4)7-9-20;;/h2*10-11,15,22H,5-9H2,1-4H3,(H,21,23);;1H2/q;;+1;/p-1. The molecule has 2 amide bonds. The topological polar surface area (TPSA) is 147 Å². The van der Waals surface area contributed by atoms with E-state index in [-0.39, 0.29) is 70.6 Å². The third-order valence-corrected chi connectivity index (χ3v) is 11.2. The van der Waals surface area contributed by atoms with Gasteiger partial charge in [0, 0.05) is 14.2 Å². The Morgan fingerprint density at radius 2 is 0.980 bits per heavy atom. The molecule has 0 bridgehead atoms. The summed E-state index contributed by atoms with van der Waals surface area (Å²) >= 11 is 0. The minimum absolute atomic E-state index is 0. The van der Waals surface area contributed by atoms with Crippen LogP contribution in [0.2, 0.25) is 0 Å². The molecule has 268 valence electrons. The van der Waals surface area contributed by atoms with Gasteiger partial charge < -0.3 is 35.8 Å². The minimum Gasteiger partial charge on any atom is -0.870 e. The van der Waals surface area contributed by atoms with Gasteiger partial charge >= 0.3 is 29.6 Å². The molecule has 2 spiro atoms. The number of amides is 2. The number of benzene rings is 2. The summed E-state index contributed by atoms with van der Waals surface area (Å²) in [6.07, 6.45) is 8.39. The second-order valence-electron chi connectivity index (χ2n) is 14.3. The monoisotopic (exact) mass is 698 g/mol. The van der Waals surface area contributed by atoms with Crippen LogP contribution in [0.1, 0.15) is 110 Å². The molecule has 6 rings (SSSR count). The molecular formula is C40H55N2NaO7. The Labute approximate surface area is 319 Å². The molecule has 2 aromatic carbocycles. The second-order valence-corrected chi connectivity index (χ2v) is 14.3. The molecule has 2 saturated carbocycles. The molecule has 4 aliphatic rings. The SMILES string of the molecule is CCc1cc(C)cc(C)c1C1=C(O)C2(CCC(OC)CC2)NC1=O.CCc1cc(C)cc(C)c1C1=C(O)C2(CCC(OC)CC2)NC1=O.[Na+].[OH-]. The van der Waals surface area contributed by atoms with Crippen molar-refractivity contribution < 1.29 is 64.3 Å².